The monoisotopic (exact) mass is 281 g/mol. The molecule has 0 aliphatic carbocycles. The van der Waals surface area contributed by atoms with Gasteiger partial charge in [-0.25, -0.2) is 9.89 Å². The summed E-state index contributed by atoms with van der Waals surface area (Å²) in [5, 5.41) is 7.26. The fraction of sp³-hybridized carbons (Fsp3) is 0.333. The third-order valence-electron chi connectivity index (χ3n) is 2.37. The SMILES string of the molecule is CCn1c(SCCSc2ccccc2)n[nH]c1=O. The van der Waals surface area contributed by atoms with Gasteiger partial charge in [0.2, 0.25) is 0 Å². The van der Waals surface area contributed by atoms with Crippen LogP contribution in [0.4, 0.5) is 0 Å². The molecule has 6 heteroatoms. The van der Waals surface area contributed by atoms with Crippen molar-refractivity contribution in [2.75, 3.05) is 11.5 Å². The van der Waals surface area contributed by atoms with Crippen LogP contribution < -0.4 is 5.69 Å². The van der Waals surface area contributed by atoms with Crippen molar-refractivity contribution < 1.29 is 0 Å². The number of nitrogens with one attached hydrogen (secondary N) is 1. The molecule has 0 spiro atoms. The molecule has 0 aliphatic rings. The maximum Gasteiger partial charge on any atom is 0.343 e. The van der Waals surface area contributed by atoms with Gasteiger partial charge in [0, 0.05) is 22.9 Å². The largest absolute Gasteiger partial charge is 0.343 e. The van der Waals surface area contributed by atoms with Gasteiger partial charge in [0.05, 0.1) is 0 Å². The maximum absolute atomic E-state index is 11.4. The third-order valence-corrected chi connectivity index (χ3v) is 4.62. The highest BCUT2D eigenvalue weighted by Gasteiger charge is 2.06. The number of aromatic amines is 1. The van der Waals surface area contributed by atoms with E-state index in [4.69, 9.17) is 0 Å². The minimum atomic E-state index is -0.129. The number of aromatic nitrogens is 3. The zero-order valence-corrected chi connectivity index (χ0v) is 11.8. The molecule has 0 amide bonds. The Hall–Kier alpha value is -1.14. The Balaban J connectivity index is 1.80. The number of rotatable bonds is 6. The van der Waals surface area contributed by atoms with Crippen LogP contribution in [-0.4, -0.2) is 26.3 Å². The Bertz CT molecular complexity index is 536. The van der Waals surface area contributed by atoms with Crippen molar-refractivity contribution in [3.05, 3.63) is 40.8 Å². The summed E-state index contributed by atoms with van der Waals surface area (Å²) in [5.41, 5.74) is -0.129. The van der Waals surface area contributed by atoms with E-state index >= 15 is 0 Å². The molecule has 0 fully saturated rings. The fourth-order valence-corrected chi connectivity index (χ4v) is 3.41. The molecule has 4 nitrogen and oxygen atoms in total. The molecular weight excluding hydrogens is 266 g/mol. The van der Waals surface area contributed by atoms with Crippen molar-refractivity contribution >= 4 is 23.5 Å². The number of hydrogen-bond acceptors (Lipinski definition) is 4. The highest BCUT2D eigenvalue weighted by Crippen LogP contribution is 2.20. The van der Waals surface area contributed by atoms with Crippen molar-refractivity contribution in [2.45, 2.75) is 23.5 Å². The normalized spacial score (nSPS) is 10.7. The molecule has 1 aromatic heterocycles. The molecule has 0 saturated heterocycles. The van der Waals surface area contributed by atoms with E-state index in [2.05, 4.69) is 22.3 Å². The molecule has 0 bridgehead atoms. The van der Waals surface area contributed by atoms with Crippen molar-refractivity contribution in [3.63, 3.8) is 0 Å². The van der Waals surface area contributed by atoms with Crippen LogP contribution in [0.1, 0.15) is 6.92 Å². The number of hydrogen-bond donors (Lipinski definition) is 1. The Morgan fingerprint density at radius 2 is 1.94 bits per heavy atom. The first-order valence-electron chi connectivity index (χ1n) is 5.77. The van der Waals surface area contributed by atoms with E-state index in [1.807, 2.05) is 36.9 Å². The second-order valence-corrected chi connectivity index (χ2v) is 5.80. The molecule has 0 saturated carbocycles. The van der Waals surface area contributed by atoms with Gasteiger partial charge in [-0.05, 0) is 19.1 Å². The highest BCUT2D eigenvalue weighted by atomic mass is 32.2. The Morgan fingerprint density at radius 1 is 1.22 bits per heavy atom. The molecule has 0 radical (unpaired) electrons. The van der Waals surface area contributed by atoms with Crippen molar-refractivity contribution in [2.24, 2.45) is 0 Å². The van der Waals surface area contributed by atoms with Crippen molar-refractivity contribution in [1.29, 1.82) is 0 Å². The number of thioether (sulfide) groups is 2. The lowest BCUT2D eigenvalue weighted by Gasteiger charge is -2.02. The maximum atomic E-state index is 11.4. The molecule has 1 aromatic carbocycles. The standard InChI is InChI=1S/C12H15N3OS2/c1-2-15-11(16)13-14-12(15)18-9-8-17-10-6-4-3-5-7-10/h3-7H,2,8-9H2,1H3,(H,13,16). The molecule has 2 rings (SSSR count). The predicted octanol–water partition coefficient (Wildman–Crippen LogP) is 2.48. The average molecular weight is 281 g/mol. The summed E-state index contributed by atoms with van der Waals surface area (Å²) in [6.45, 7) is 2.60. The van der Waals surface area contributed by atoms with Gasteiger partial charge >= 0.3 is 5.69 Å². The third kappa shape index (κ3) is 3.43. The number of nitrogens with zero attached hydrogens (tertiary/aromatic N) is 2. The van der Waals surface area contributed by atoms with Gasteiger partial charge < -0.3 is 0 Å². The Kier molecular flexibility index (Phi) is 4.95. The Labute approximate surface area is 114 Å². The van der Waals surface area contributed by atoms with Crippen LogP contribution in [0.15, 0.2) is 45.2 Å². The fourth-order valence-electron chi connectivity index (χ4n) is 1.50. The topological polar surface area (TPSA) is 50.7 Å². The van der Waals surface area contributed by atoms with Gasteiger partial charge in [-0.15, -0.1) is 16.9 Å². The molecule has 0 atom stereocenters. The lowest BCUT2D eigenvalue weighted by Crippen LogP contribution is -2.16. The quantitative estimate of drug-likeness (QED) is 0.653. The molecule has 1 heterocycles. The van der Waals surface area contributed by atoms with Gasteiger partial charge in [0.25, 0.3) is 0 Å². The van der Waals surface area contributed by atoms with Crippen LogP contribution in [-0.2, 0) is 6.54 Å². The van der Waals surface area contributed by atoms with Crippen molar-refractivity contribution in [1.82, 2.24) is 14.8 Å². The minimum Gasteiger partial charge on any atom is -0.270 e. The van der Waals surface area contributed by atoms with E-state index in [9.17, 15) is 4.79 Å². The summed E-state index contributed by atoms with van der Waals surface area (Å²) < 4.78 is 1.65. The summed E-state index contributed by atoms with van der Waals surface area (Å²) >= 11 is 3.43. The second-order valence-electron chi connectivity index (χ2n) is 3.57. The molecule has 96 valence electrons. The van der Waals surface area contributed by atoms with Gasteiger partial charge in [-0.1, -0.05) is 30.0 Å². The zero-order valence-electron chi connectivity index (χ0n) is 10.1. The summed E-state index contributed by atoms with van der Waals surface area (Å²) in [5.74, 6) is 1.93. The molecule has 2 aromatic rings. The molecule has 0 aliphatic heterocycles. The van der Waals surface area contributed by atoms with Crippen LogP contribution >= 0.6 is 23.5 Å². The minimum absolute atomic E-state index is 0.129. The first kappa shape index (κ1) is 13.3. The molecular formula is C12H15N3OS2. The van der Waals surface area contributed by atoms with Crippen LogP contribution in [0, 0.1) is 0 Å². The number of benzene rings is 1. The van der Waals surface area contributed by atoms with Crippen LogP contribution in [0.2, 0.25) is 0 Å². The van der Waals surface area contributed by atoms with Crippen LogP contribution in [0.25, 0.3) is 0 Å². The first-order valence-corrected chi connectivity index (χ1v) is 7.74. The summed E-state index contributed by atoms with van der Waals surface area (Å²) in [6, 6.07) is 10.3. The van der Waals surface area contributed by atoms with Gasteiger partial charge in [-0.2, -0.15) is 0 Å². The second kappa shape index (κ2) is 6.70. The summed E-state index contributed by atoms with van der Waals surface area (Å²) in [4.78, 5) is 12.6. The van der Waals surface area contributed by atoms with Crippen LogP contribution in [0.3, 0.4) is 0 Å². The van der Waals surface area contributed by atoms with Gasteiger partial charge in [0.1, 0.15) is 0 Å². The summed E-state index contributed by atoms with van der Waals surface area (Å²) in [6.07, 6.45) is 0. The van der Waals surface area contributed by atoms with E-state index in [0.29, 0.717) is 6.54 Å². The molecule has 1 N–H and O–H groups in total. The van der Waals surface area contributed by atoms with E-state index in [-0.39, 0.29) is 5.69 Å². The first-order chi connectivity index (χ1) is 8.81. The number of H-pyrrole nitrogens is 1. The van der Waals surface area contributed by atoms with E-state index in [0.717, 1.165) is 16.7 Å². The van der Waals surface area contributed by atoms with E-state index in [1.54, 1.807) is 16.3 Å². The molecule has 18 heavy (non-hydrogen) atoms. The molecule has 0 unspecified atom stereocenters. The lowest BCUT2D eigenvalue weighted by atomic mass is 10.4. The van der Waals surface area contributed by atoms with E-state index in [1.165, 1.54) is 4.90 Å². The average Bonchev–Trinajstić information content (AvgIpc) is 2.76. The van der Waals surface area contributed by atoms with Crippen molar-refractivity contribution in [3.8, 4) is 0 Å². The Morgan fingerprint density at radius 3 is 2.67 bits per heavy atom. The van der Waals surface area contributed by atoms with Crippen LogP contribution in [0.5, 0.6) is 0 Å². The van der Waals surface area contributed by atoms with E-state index < -0.39 is 0 Å². The van der Waals surface area contributed by atoms with Gasteiger partial charge in [0.15, 0.2) is 5.16 Å². The zero-order chi connectivity index (χ0) is 12.8. The highest BCUT2D eigenvalue weighted by molar-refractivity contribution is 8.02. The summed E-state index contributed by atoms with van der Waals surface area (Å²) in [7, 11) is 0. The van der Waals surface area contributed by atoms with Gasteiger partial charge in [-0.3, -0.25) is 4.57 Å². The lowest BCUT2D eigenvalue weighted by molar-refractivity contribution is 0.661. The predicted molar refractivity (Wildman–Crippen MR) is 76.4 cm³/mol. The smallest absolute Gasteiger partial charge is 0.270 e.